The number of nitriles is 1. The van der Waals surface area contributed by atoms with Gasteiger partial charge in [0, 0.05) is 0 Å². The van der Waals surface area contributed by atoms with Gasteiger partial charge in [0.2, 0.25) is 0 Å². The summed E-state index contributed by atoms with van der Waals surface area (Å²) >= 11 is 0. The number of benzene rings is 1. The Kier molecular flexibility index (Phi) is 2.28. The summed E-state index contributed by atoms with van der Waals surface area (Å²) in [6.45, 7) is 0.466. The lowest BCUT2D eigenvalue weighted by atomic mass is 10.1. The van der Waals surface area contributed by atoms with Gasteiger partial charge < -0.3 is 5.32 Å². The monoisotopic (exact) mass is 183 g/mol. The van der Waals surface area contributed by atoms with Crippen LogP contribution in [0, 0.1) is 11.3 Å². The number of hydrogen-bond donors (Lipinski definition) is 1. The molecule has 0 saturated carbocycles. The molecule has 3 nitrogen and oxygen atoms in total. The van der Waals surface area contributed by atoms with Crippen LogP contribution < -0.4 is 5.32 Å². The minimum atomic E-state index is 0.466. The summed E-state index contributed by atoms with van der Waals surface area (Å²) in [5.41, 5.74) is 2.57. The number of hydrogen-bond acceptors (Lipinski definition) is 3. The molecule has 68 valence electrons. The molecule has 1 aliphatic rings. The Labute approximate surface area is 82.4 Å². The summed E-state index contributed by atoms with van der Waals surface area (Å²) in [7, 11) is 0. The maximum absolute atomic E-state index is 8.90. The molecule has 1 N–H and O–H groups in total. The van der Waals surface area contributed by atoms with Gasteiger partial charge in [0.1, 0.15) is 0 Å². The van der Waals surface area contributed by atoms with Crippen LogP contribution in [0.2, 0.25) is 0 Å². The first-order chi connectivity index (χ1) is 6.92. The number of rotatable bonds is 1. The van der Waals surface area contributed by atoms with Crippen LogP contribution in [0.25, 0.3) is 5.70 Å². The third-order valence-electron chi connectivity index (χ3n) is 2.05. The molecule has 0 aromatic heterocycles. The zero-order valence-corrected chi connectivity index (χ0v) is 7.57. The molecule has 1 heterocycles. The molecule has 0 amide bonds. The van der Waals surface area contributed by atoms with Crippen molar-refractivity contribution in [3.05, 3.63) is 41.5 Å². The lowest BCUT2D eigenvalue weighted by Crippen LogP contribution is -2.17. The third-order valence-corrected chi connectivity index (χ3v) is 2.05. The predicted molar refractivity (Wildman–Crippen MR) is 55.5 cm³/mol. The molecule has 1 aromatic carbocycles. The van der Waals surface area contributed by atoms with Gasteiger partial charge in [-0.2, -0.15) is 5.26 Å². The number of nitrogens with zero attached hydrogens (tertiary/aromatic N) is 2. The van der Waals surface area contributed by atoms with E-state index in [1.165, 1.54) is 0 Å². The van der Waals surface area contributed by atoms with Crippen molar-refractivity contribution in [2.24, 2.45) is 4.99 Å². The second-order valence-corrected chi connectivity index (χ2v) is 2.95. The van der Waals surface area contributed by atoms with Gasteiger partial charge in [-0.25, -0.2) is 0 Å². The molecule has 1 aliphatic heterocycles. The fourth-order valence-corrected chi connectivity index (χ4v) is 1.37. The van der Waals surface area contributed by atoms with E-state index in [1.54, 1.807) is 6.34 Å². The van der Waals surface area contributed by atoms with Gasteiger partial charge in [0.05, 0.1) is 30.2 Å². The van der Waals surface area contributed by atoms with Gasteiger partial charge in [-0.3, -0.25) is 4.99 Å². The number of aliphatic imine (C=N–C) groups is 1. The molecule has 0 spiro atoms. The minimum Gasteiger partial charge on any atom is -0.345 e. The molecule has 14 heavy (non-hydrogen) atoms. The Morgan fingerprint density at radius 3 is 2.79 bits per heavy atom. The van der Waals surface area contributed by atoms with E-state index in [1.807, 2.05) is 30.3 Å². The second kappa shape index (κ2) is 3.75. The van der Waals surface area contributed by atoms with Crippen LogP contribution in [-0.2, 0) is 0 Å². The van der Waals surface area contributed by atoms with E-state index in [0.29, 0.717) is 12.1 Å². The number of nitrogens with one attached hydrogen (secondary N) is 1. The van der Waals surface area contributed by atoms with Crippen LogP contribution in [0.5, 0.6) is 0 Å². The Morgan fingerprint density at radius 2 is 2.07 bits per heavy atom. The summed E-state index contributed by atoms with van der Waals surface area (Å²) in [5.74, 6) is 0. The van der Waals surface area contributed by atoms with Crippen LogP contribution >= 0.6 is 0 Å². The van der Waals surface area contributed by atoms with Gasteiger partial charge >= 0.3 is 0 Å². The van der Waals surface area contributed by atoms with E-state index in [2.05, 4.69) is 16.4 Å². The van der Waals surface area contributed by atoms with Crippen molar-refractivity contribution in [2.75, 3.05) is 6.54 Å². The highest BCUT2D eigenvalue weighted by Gasteiger charge is 2.10. The quantitative estimate of drug-likeness (QED) is 0.718. The molecule has 1 aromatic rings. The molecule has 0 saturated heterocycles. The lowest BCUT2D eigenvalue weighted by Gasteiger charge is -2.12. The summed E-state index contributed by atoms with van der Waals surface area (Å²) in [6.07, 6.45) is 1.63. The fourth-order valence-electron chi connectivity index (χ4n) is 1.37. The van der Waals surface area contributed by atoms with E-state index in [0.717, 1.165) is 11.3 Å². The average Bonchev–Trinajstić information content (AvgIpc) is 2.30. The SMILES string of the molecule is N#CC1=C(c2ccccc2)NC=NC1. The topological polar surface area (TPSA) is 48.2 Å². The Balaban J connectivity index is 2.43. The first-order valence-corrected chi connectivity index (χ1v) is 4.35. The van der Waals surface area contributed by atoms with Crippen molar-refractivity contribution in [3.63, 3.8) is 0 Å². The van der Waals surface area contributed by atoms with Crippen LogP contribution in [0.3, 0.4) is 0 Å². The highest BCUT2D eigenvalue weighted by atomic mass is 15.0. The maximum Gasteiger partial charge on any atom is 0.0989 e. The molecule has 0 atom stereocenters. The highest BCUT2D eigenvalue weighted by Crippen LogP contribution is 2.16. The summed E-state index contributed by atoms with van der Waals surface area (Å²) < 4.78 is 0. The van der Waals surface area contributed by atoms with Crippen LogP contribution in [0.4, 0.5) is 0 Å². The van der Waals surface area contributed by atoms with Gasteiger partial charge in [-0.1, -0.05) is 30.3 Å². The Hall–Kier alpha value is -2.08. The molecular weight excluding hydrogens is 174 g/mol. The molecule has 2 rings (SSSR count). The molecule has 0 bridgehead atoms. The zero-order valence-electron chi connectivity index (χ0n) is 7.57. The summed E-state index contributed by atoms with van der Waals surface area (Å²) in [4.78, 5) is 3.99. The van der Waals surface area contributed by atoms with Gasteiger partial charge in [-0.05, 0) is 5.56 Å². The first-order valence-electron chi connectivity index (χ1n) is 4.35. The van der Waals surface area contributed by atoms with E-state index >= 15 is 0 Å². The Morgan fingerprint density at radius 1 is 1.29 bits per heavy atom. The van der Waals surface area contributed by atoms with Crippen molar-refractivity contribution >= 4 is 12.0 Å². The normalized spacial score (nSPS) is 14.8. The average molecular weight is 183 g/mol. The Bertz CT molecular complexity index is 424. The third kappa shape index (κ3) is 1.50. The lowest BCUT2D eigenvalue weighted by molar-refractivity contribution is 1.10. The zero-order chi connectivity index (χ0) is 9.80. The minimum absolute atomic E-state index is 0.466. The smallest absolute Gasteiger partial charge is 0.0989 e. The van der Waals surface area contributed by atoms with Crippen LogP contribution in [0.15, 0.2) is 40.9 Å². The highest BCUT2D eigenvalue weighted by molar-refractivity contribution is 5.82. The predicted octanol–water partition coefficient (Wildman–Crippen LogP) is 1.55. The molecule has 0 radical (unpaired) electrons. The first kappa shape index (κ1) is 8.52. The standard InChI is InChI=1S/C11H9N3/c12-6-10-7-13-8-14-11(10)9-4-2-1-3-5-9/h1-5,8H,7H2,(H,13,14). The maximum atomic E-state index is 8.90. The summed E-state index contributed by atoms with van der Waals surface area (Å²) in [5, 5.41) is 11.9. The van der Waals surface area contributed by atoms with E-state index < -0.39 is 0 Å². The fraction of sp³-hybridized carbons (Fsp3) is 0.0909. The van der Waals surface area contributed by atoms with Crippen molar-refractivity contribution < 1.29 is 0 Å². The van der Waals surface area contributed by atoms with E-state index in [9.17, 15) is 0 Å². The van der Waals surface area contributed by atoms with Crippen molar-refractivity contribution in [3.8, 4) is 6.07 Å². The summed E-state index contributed by atoms with van der Waals surface area (Å²) in [6, 6.07) is 11.9. The largest absolute Gasteiger partial charge is 0.345 e. The molecule has 3 heteroatoms. The molecular formula is C11H9N3. The van der Waals surface area contributed by atoms with Gasteiger partial charge in [-0.15, -0.1) is 0 Å². The van der Waals surface area contributed by atoms with E-state index in [-0.39, 0.29) is 0 Å². The molecule has 0 aliphatic carbocycles. The second-order valence-electron chi connectivity index (χ2n) is 2.95. The molecule has 0 unspecified atom stereocenters. The van der Waals surface area contributed by atoms with Crippen LogP contribution in [-0.4, -0.2) is 12.9 Å². The van der Waals surface area contributed by atoms with Gasteiger partial charge in [0.25, 0.3) is 0 Å². The molecule has 0 fully saturated rings. The van der Waals surface area contributed by atoms with E-state index in [4.69, 9.17) is 5.26 Å². The van der Waals surface area contributed by atoms with Crippen LogP contribution in [0.1, 0.15) is 5.56 Å². The van der Waals surface area contributed by atoms with Crippen molar-refractivity contribution in [1.29, 1.82) is 5.26 Å². The van der Waals surface area contributed by atoms with Crippen molar-refractivity contribution in [2.45, 2.75) is 0 Å². The van der Waals surface area contributed by atoms with Crippen molar-refractivity contribution in [1.82, 2.24) is 5.32 Å². The van der Waals surface area contributed by atoms with Gasteiger partial charge in [0.15, 0.2) is 0 Å².